The first-order valence-electron chi connectivity index (χ1n) is 9.54. The molecular weight excluding hydrogens is 454 g/mol. The number of methoxy groups -OCH3 is 1. The summed E-state index contributed by atoms with van der Waals surface area (Å²) in [6, 6.07) is 1.92. The Kier molecular flexibility index (Phi) is 6.74. The fraction of sp³-hybridized carbons (Fsp3) is 0.350. The molecule has 1 aliphatic heterocycles. The number of pyridine rings is 1. The third-order valence-electron chi connectivity index (χ3n) is 5.04. The van der Waals surface area contributed by atoms with Gasteiger partial charge in [0.15, 0.2) is 11.4 Å². The SMILES string of the molecule is COCCN1C(=O)c2c(O)c(=O)c(C(=O)NCc3ccc(F)cc3C(F)(F)F)cn2CC1O. The van der Waals surface area contributed by atoms with Crippen molar-refractivity contribution < 1.29 is 42.1 Å². The number of nitrogens with one attached hydrogen (secondary N) is 1. The van der Waals surface area contributed by atoms with Gasteiger partial charge in [0.1, 0.15) is 17.6 Å². The van der Waals surface area contributed by atoms with E-state index in [-0.39, 0.29) is 25.8 Å². The van der Waals surface area contributed by atoms with Gasteiger partial charge in [-0.05, 0) is 17.7 Å². The van der Waals surface area contributed by atoms with Gasteiger partial charge in [0.05, 0.1) is 18.7 Å². The lowest BCUT2D eigenvalue weighted by atomic mass is 10.1. The van der Waals surface area contributed by atoms with Crippen LogP contribution in [0.1, 0.15) is 32.0 Å². The highest BCUT2D eigenvalue weighted by Gasteiger charge is 2.36. The molecule has 9 nitrogen and oxygen atoms in total. The van der Waals surface area contributed by atoms with Gasteiger partial charge in [-0.2, -0.15) is 13.2 Å². The molecule has 2 aromatic rings. The summed E-state index contributed by atoms with van der Waals surface area (Å²) in [4.78, 5) is 38.6. The van der Waals surface area contributed by atoms with E-state index in [1.165, 1.54) is 7.11 Å². The summed E-state index contributed by atoms with van der Waals surface area (Å²) in [5.41, 5.74) is -4.06. The number of carbonyl (C=O) groups is 2. The minimum Gasteiger partial charge on any atom is -0.503 e. The van der Waals surface area contributed by atoms with E-state index < -0.39 is 70.1 Å². The number of hydrogen-bond donors (Lipinski definition) is 3. The summed E-state index contributed by atoms with van der Waals surface area (Å²) < 4.78 is 58.5. The van der Waals surface area contributed by atoms with E-state index in [9.17, 15) is 42.2 Å². The molecule has 1 atom stereocenters. The lowest BCUT2D eigenvalue weighted by molar-refractivity contribution is -0.138. The standard InChI is InChI=1S/C20H19F4N3O6/c1-33-5-4-27-14(28)9-26-8-12(16(29)17(30)15(26)19(27)32)18(31)25-7-10-2-3-11(21)6-13(10)20(22,23)24/h2-3,6,8,14,28,30H,4-5,7,9H2,1H3,(H,25,31). The molecule has 0 bridgehead atoms. The number of ether oxygens (including phenoxy) is 1. The van der Waals surface area contributed by atoms with Crippen LogP contribution < -0.4 is 10.7 Å². The molecule has 178 valence electrons. The van der Waals surface area contributed by atoms with Crippen LogP contribution in [0.5, 0.6) is 5.75 Å². The fourth-order valence-corrected chi connectivity index (χ4v) is 3.40. The quantitative estimate of drug-likeness (QED) is 0.540. The van der Waals surface area contributed by atoms with E-state index in [0.29, 0.717) is 0 Å². The number of hydrogen-bond acceptors (Lipinski definition) is 6. The van der Waals surface area contributed by atoms with Gasteiger partial charge >= 0.3 is 6.18 Å². The molecule has 2 amide bonds. The first-order valence-corrected chi connectivity index (χ1v) is 9.54. The number of amides is 2. The zero-order valence-corrected chi connectivity index (χ0v) is 17.1. The first kappa shape index (κ1) is 24.2. The van der Waals surface area contributed by atoms with Crippen LogP contribution in [0.2, 0.25) is 0 Å². The van der Waals surface area contributed by atoms with Crippen LogP contribution in [0.15, 0.2) is 29.2 Å². The van der Waals surface area contributed by atoms with Crippen molar-refractivity contribution in [2.45, 2.75) is 25.5 Å². The third kappa shape index (κ3) is 4.83. The van der Waals surface area contributed by atoms with Crippen molar-refractivity contribution >= 4 is 11.8 Å². The minimum absolute atomic E-state index is 0.0222. The summed E-state index contributed by atoms with van der Waals surface area (Å²) in [7, 11) is 1.38. The molecule has 0 aliphatic carbocycles. The number of halogens is 4. The zero-order valence-electron chi connectivity index (χ0n) is 17.1. The maximum absolute atomic E-state index is 13.2. The summed E-state index contributed by atoms with van der Waals surface area (Å²) in [5, 5.41) is 22.6. The second-order valence-corrected chi connectivity index (χ2v) is 7.18. The van der Waals surface area contributed by atoms with E-state index >= 15 is 0 Å². The lowest BCUT2D eigenvalue weighted by Crippen LogP contribution is -2.50. The Morgan fingerprint density at radius 1 is 1.30 bits per heavy atom. The average Bonchev–Trinajstić information content (AvgIpc) is 2.74. The first-order chi connectivity index (χ1) is 15.5. The Bertz CT molecular complexity index is 1150. The number of aliphatic hydroxyl groups is 1. The van der Waals surface area contributed by atoms with Crippen molar-refractivity contribution in [3.8, 4) is 5.75 Å². The Morgan fingerprint density at radius 2 is 2.00 bits per heavy atom. The molecule has 0 saturated heterocycles. The topological polar surface area (TPSA) is 121 Å². The van der Waals surface area contributed by atoms with E-state index in [0.717, 1.165) is 27.8 Å². The molecular formula is C20H19F4N3O6. The van der Waals surface area contributed by atoms with Gasteiger partial charge in [-0.3, -0.25) is 14.4 Å². The molecule has 0 radical (unpaired) electrons. The Balaban J connectivity index is 1.88. The normalized spacial score (nSPS) is 16.0. The molecule has 0 fully saturated rings. The van der Waals surface area contributed by atoms with Crippen molar-refractivity contribution in [2.75, 3.05) is 20.3 Å². The highest BCUT2D eigenvalue weighted by molar-refractivity contribution is 5.99. The Labute approximate surface area is 183 Å². The van der Waals surface area contributed by atoms with Crippen molar-refractivity contribution in [1.29, 1.82) is 0 Å². The summed E-state index contributed by atoms with van der Waals surface area (Å²) in [6.45, 7) is -0.916. The maximum atomic E-state index is 13.2. The number of benzene rings is 1. The van der Waals surface area contributed by atoms with Crippen LogP contribution in [0.25, 0.3) is 0 Å². The molecule has 1 aromatic heterocycles. The van der Waals surface area contributed by atoms with Gasteiger partial charge in [-0.1, -0.05) is 6.07 Å². The van der Waals surface area contributed by atoms with E-state index in [2.05, 4.69) is 5.32 Å². The van der Waals surface area contributed by atoms with E-state index in [1.807, 2.05) is 0 Å². The molecule has 2 heterocycles. The van der Waals surface area contributed by atoms with Crippen LogP contribution in [0.4, 0.5) is 17.6 Å². The van der Waals surface area contributed by atoms with Gasteiger partial charge in [0.2, 0.25) is 5.43 Å². The average molecular weight is 473 g/mol. The van der Waals surface area contributed by atoms with Crippen LogP contribution >= 0.6 is 0 Å². The summed E-state index contributed by atoms with van der Waals surface area (Å²) in [6.07, 6.45) is -5.29. The second-order valence-electron chi connectivity index (χ2n) is 7.18. The number of carbonyl (C=O) groups excluding carboxylic acids is 2. The number of alkyl halides is 3. The zero-order chi connectivity index (χ0) is 24.5. The second kappa shape index (κ2) is 9.19. The Morgan fingerprint density at radius 3 is 2.64 bits per heavy atom. The van der Waals surface area contributed by atoms with Crippen molar-refractivity contribution in [2.24, 2.45) is 0 Å². The van der Waals surface area contributed by atoms with Crippen LogP contribution in [0, 0.1) is 5.82 Å². The molecule has 0 saturated carbocycles. The van der Waals surface area contributed by atoms with Crippen molar-refractivity contribution in [3.05, 3.63) is 62.8 Å². The minimum atomic E-state index is -4.88. The molecule has 1 unspecified atom stereocenters. The van der Waals surface area contributed by atoms with Gasteiger partial charge in [-0.15, -0.1) is 0 Å². The highest BCUT2D eigenvalue weighted by Crippen LogP contribution is 2.32. The molecule has 1 aliphatic rings. The summed E-state index contributed by atoms with van der Waals surface area (Å²) >= 11 is 0. The van der Waals surface area contributed by atoms with Gasteiger partial charge < -0.3 is 29.7 Å². The van der Waals surface area contributed by atoms with E-state index in [1.54, 1.807) is 0 Å². The van der Waals surface area contributed by atoms with Crippen molar-refractivity contribution in [3.63, 3.8) is 0 Å². The lowest BCUT2D eigenvalue weighted by Gasteiger charge is -2.34. The predicted octanol–water partition coefficient (Wildman–Crippen LogP) is 1.06. The van der Waals surface area contributed by atoms with Gasteiger partial charge in [0.25, 0.3) is 11.8 Å². The van der Waals surface area contributed by atoms with Crippen LogP contribution in [0.3, 0.4) is 0 Å². The molecule has 3 N–H and O–H groups in total. The molecule has 33 heavy (non-hydrogen) atoms. The van der Waals surface area contributed by atoms with Crippen molar-refractivity contribution in [1.82, 2.24) is 14.8 Å². The molecule has 13 heteroatoms. The largest absolute Gasteiger partial charge is 0.503 e. The Hall–Kier alpha value is -3.45. The third-order valence-corrected chi connectivity index (χ3v) is 5.04. The molecule has 3 rings (SSSR count). The number of aliphatic hydroxyl groups excluding tert-OH is 1. The predicted molar refractivity (Wildman–Crippen MR) is 104 cm³/mol. The monoisotopic (exact) mass is 473 g/mol. The summed E-state index contributed by atoms with van der Waals surface area (Å²) in [5.74, 6) is -4.15. The highest BCUT2D eigenvalue weighted by atomic mass is 19.4. The smallest absolute Gasteiger partial charge is 0.416 e. The molecule has 0 spiro atoms. The number of aromatic nitrogens is 1. The number of nitrogens with zero attached hydrogens (tertiary/aromatic N) is 2. The van der Waals surface area contributed by atoms with Crippen LogP contribution in [-0.4, -0.2) is 58.0 Å². The maximum Gasteiger partial charge on any atom is 0.416 e. The number of rotatable bonds is 6. The molecule has 1 aromatic carbocycles. The van der Waals surface area contributed by atoms with Crippen LogP contribution in [-0.2, 0) is 24.0 Å². The van der Waals surface area contributed by atoms with Gasteiger partial charge in [-0.25, -0.2) is 4.39 Å². The number of aromatic hydroxyl groups is 1. The number of fused-ring (bicyclic) bond motifs is 1. The van der Waals surface area contributed by atoms with Gasteiger partial charge in [0, 0.05) is 26.4 Å². The fourth-order valence-electron chi connectivity index (χ4n) is 3.40. The van der Waals surface area contributed by atoms with E-state index in [4.69, 9.17) is 4.74 Å².